The molecule has 4 heteroatoms. The fourth-order valence-electron chi connectivity index (χ4n) is 3.19. The van der Waals surface area contributed by atoms with Gasteiger partial charge in [0.15, 0.2) is 0 Å². The van der Waals surface area contributed by atoms with E-state index >= 15 is 0 Å². The van der Waals surface area contributed by atoms with Crippen molar-refractivity contribution in [3.63, 3.8) is 0 Å². The Kier molecular flexibility index (Phi) is 3.16. The average Bonchev–Trinajstić information content (AvgIpc) is 3.04. The number of hydrogen-bond acceptors (Lipinski definition) is 3. The van der Waals surface area contributed by atoms with Crippen LogP contribution in [0.15, 0.2) is 6.20 Å². The Morgan fingerprint density at radius 2 is 2.39 bits per heavy atom. The molecule has 0 aliphatic heterocycles. The summed E-state index contributed by atoms with van der Waals surface area (Å²) in [6.45, 7) is 1.37. The van der Waals surface area contributed by atoms with Gasteiger partial charge in [0.25, 0.3) is 0 Å². The molecule has 0 saturated heterocycles. The molecule has 1 fully saturated rings. The molecule has 1 heterocycles. The van der Waals surface area contributed by atoms with Gasteiger partial charge in [-0.05, 0) is 43.9 Å². The summed E-state index contributed by atoms with van der Waals surface area (Å²) >= 11 is 0. The summed E-state index contributed by atoms with van der Waals surface area (Å²) in [7, 11) is 2.04. The molecule has 18 heavy (non-hydrogen) atoms. The number of fused-ring (bicyclic) bond motifs is 1. The first-order chi connectivity index (χ1) is 8.74. The van der Waals surface area contributed by atoms with Crippen LogP contribution in [0.5, 0.6) is 0 Å². The number of nitrogens with one attached hydrogen (secondary N) is 1. The summed E-state index contributed by atoms with van der Waals surface area (Å²) in [5, 5.41) is 17.2. The molecule has 1 aromatic heterocycles. The zero-order valence-electron chi connectivity index (χ0n) is 11.2. The second kappa shape index (κ2) is 4.67. The van der Waals surface area contributed by atoms with E-state index in [1.165, 1.54) is 36.9 Å². The largest absolute Gasteiger partial charge is 0.396 e. The van der Waals surface area contributed by atoms with Crippen molar-refractivity contribution in [2.75, 3.05) is 13.2 Å². The lowest BCUT2D eigenvalue weighted by Gasteiger charge is -2.26. The number of aliphatic hydroxyl groups is 1. The Balaban J connectivity index is 1.64. The standard InChI is InChI=1S/C14H23N3O/c1-17-13-4-2-3-12(11(13)9-16-17)15-10-14(5-6-14)7-8-18/h9,12,15,18H,2-8,10H2,1H3. The fourth-order valence-corrected chi connectivity index (χ4v) is 3.19. The lowest BCUT2D eigenvalue weighted by molar-refractivity contribution is 0.240. The highest BCUT2D eigenvalue weighted by molar-refractivity contribution is 5.24. The third-order valence-electron chi connectivity index (χ3n) is 4.70. The maximum Gasteiger partial charge on any atom is 0.0540 e. The molecule has 1 aromatic rings. The van der Waals surface area contributed by atoms with Crippen molar-refractivity contribution in [2.24, 2.45) is 12.5 Å². The quantitative estimate of drug-likeness (QED) is 0.832. The highest BCUT2D eigenvalue weighted by atomic mass is 16.3. The van der Waals surface area contributed by atoms with Crippen molar-refractivity contribution in [1.29, 1.82) is 0 Å². The molecule has 0 aromatic carbocycles. The minimum atomic E-state index is 0.324. The molecule has 0 amide bonds. The Morgan fingerprint density at radius 1 is 1.56 bits per heavy atom. The summed E-state index contributed by atoms with van der Waals surface area (Å²) in [5.74, 6) is 0. The number of aryl methyl sites for hydroxylation is 1. The fraction of sp³-hybridized carbons (Fsp3) is 0.786. The first-order valence-corrected chi connectivity index (χ1v) is 7.09. The van der Waals surface area contributed by atoms with E-state index in [9.17, 15) is 0 Å². The highest BCUT2D eigenvalue weighted by Crippen LogP contribution is 2.48. The van der Waals surface area contributed by atoms with Crippen molar-refractivity contribution < 1.29 is 5.11 Å². The average molecular weight is 249 g/mol. The molecule has 0 radical (unpaired) electrons. The maximum atomic E-state index is 9.10. The topological polar surface area (TPSA) is 50.1 Å². The summed E-state index contributed by atoms with van der Waals surface area (Å²) in [5.41, 5.74) is 3.18. The van der Waals surface area contributed by atoms with E-state index in [4.69, 9.17) is 5.11 Å². The van der Waals surface area contributed by atoms with E-state index in [2.05, 4.69) is 10.4 Å². The maximum absolute atomic E-state index is 9.10. The molecular formula is C14H23N3O. The van der Waals surface area contributed by atoms with E-state index in [0.29, 0.717) is 18.1 Å². The minimum absolute atomic E-state index is 0.324. The van der Waals surface area contributed by atoms with Crippen LogP contribution in [0.25, 0.3) is 0 Å². The molecule has 2 aliphatic carbocycles. The minimum Gasteiger partial charge on any atom is -0.396 e. The van der Waals surface area contributed by atoms with Crippen molar-refractivity contribution in [3.8, 4) is 0 Å². The number of aromatic nitrogens is 2. The van der Waals surface area contributed by atoms with Gasteiger partial charge >= 0.3 is 0 Å². The van der Waals surface area contributed by atoms with Crippen LogP contribution in [-0.4, -0.2) is 28.0 Å². The number of hydrogen-bond donors (Lipinski definition) is 2. The molecule has 1 saturated carbocycles. The highest BCUT2D eigenvalue weighted by Gasteiger charge is 2.42. The molecular weight excluding hydrogens is 226 g/mol. The van der Waals surface area contributed by atoms with E-state index in [1.54, 1.807) is 0 Å². The van der Waals surface area contributed by atoms with E-state index in [-0.39, 0.29) is 0 Å². The van der Waals surface area contributed by atoms with Crippen LogP contribution < -0.4 is 5.32 Å². The van der Waals surface area contributed by atoms with Crippen LogP contribution in [-0.2, 0) is 13.5 Å². The van der Waals surface area contributed by atoms with E-state index in [0.717, 1.165) is 19.4 Å². The Labute approximate surface area is 108 Å². The van der Waals surface area contributed by atoms with Gasteiger partial charge in [-0.15, -0.1) is 0 Å². The monoisotopic (exact) mass is 249 g/mol. The smallest absolute Gasteiger partial charge is 0.0540 e. The van der Waals surface area contributed by atoms with Crippen molar-refractivity contribution in [3.05, 3.63) is 17.5 Å². The molecule has 100 valence electrons. The second-order valence-corrected chi connectivity index (χ2v) is 5.97. The van der Waals surface area contributed by atoms with Gasteiger partial charge in [-0.2, -0.15) is 5.10 Å². The lowest BCUT2D eigenvalue weighted by Crippen LogP contribution is -2.31. The van der Waals surface area contributed by atoms with Crippen LogP contribution in [0.4, 0.5) is 0 Å². The van der Waals surface area contributed by atoms with Crippen molar-refractivity contribution in [2.45, 2.75) is 44.6 Å². The van der Waals surface area contributed by atoms with Gasteiger partial charge in [0.2, 0.25) is 0 Å². The third kappa shape index (κ3) is 2.19. The Morgan fingerprint density at radius 3 is 3.11 bits per heavy atom. The molecule has 2 N–H and O–H groups in total. The molecule has 3 rings (SSSR count). The van der Waals surface area contributed by atoms with E-state index < -0.39 is 0 Å². The summed E-state index contributed by atoms with van der Waals surface area (Å²) in [6.07, 6.45) is 9.14. The van der Waals surface area contributed by atoms with Gasteiger partial charge in [0.05, 0.1) is 6.20 Å². The zero-order chi connectivity index (χ0) is 12.6. The van der Waals surface area contributed by atoms with Crippen LogP contribution >= 0.6 is 0 Å². The summed E-state index contributed by atoms with van der Waals surface area (Å²) in [6, 6.07) is 0.471. The molecule has 1 atom stereocenters. The van der Waals surface area contributed by atoms with Gasteiger partial charge in [-0.25, -0.2) is 0 Å². The lowest BCUT2D eigenvalue weighted by atomic mass is 9.92. The molecule has 4 nitrogen and oxygen atoms in total. The summed E-state index contributed by atoms with van der Waals surface area (Å²) < 4.78 is 2.02. The third-order valence-corrected chi connectivity index (χ3v) is 4.70. The first kappa shape index (κ1) is 12.2. The molecule has 2 aliphatic rings. The number of rotatable bonds is 5. The van der Waals surface area contributed by atoms with Crippen molar-refractivity contribution in [1.82, 2.24) is 15.1 Å². The molecule has 1 unspecified atom stereocenters. The van der Waals surface area contributed by atoms with Crippen LogP contribution in [0.3, 0.4) is 0 Å². The van der Waals surface area contributed by atoms with Gasteiger partial charge in [-0.3, -0.25) is 4.68 Å². The predicted molar refractivity (Wildman–Crippen MR) is 70.3 cm³/mol. The molecule has 0 spiro atoms. The SMILES string of the molecule is Cn1ncc2c1CCCC2NCC1(CCO)CC1. The first-order valence-electron chi connectivity index (χ1n) is 7.09. The number of nitrogens with zero attached hydrogens (tertiary/aromatic N) is 2. The van der Waals surface area contributed by atoms with Crippen molar-refractivity contribution >= 4 is 0 Å². The van der Waals surface area contributed by atoms with Crippen LogP contribution in [0.1, 0.15) is 49.4 Å². The number of aliphatic hydroxyl groups excluding tert-OH is 1. The Bertz CT molecular complexity index is 423. The van der Waals surface area contributed by atoms with Gasteiger partial charge in [-0.1, -0.05) is 0 Å². The second-order valence-electron chi connectivity index (χ2n) is 5.97. The Hall–Kier alpha value is -0.870. The predicted octanol–water partition coefficient (Wildman–Crippen LogP) is 1.55. The molecule has 0 bridgehead atoms. The summed E-state index contributed by atoms with van der Waals surface area (Å²) in [4.78, 5) is 0. The normalized spacial score (nSPS) is 24.9. The van der Waals surface area contributed by atoms with E-state index in [1.807, 2.05) is 17.9 Å². The van der Waals surface area contributed by atoms with Gasteiger partial charge in [0, 0.05) is 37.5 Å². The van der Waals surface area contributed by atoms with Crippen LogP contribution in [0.2, 0.25) is 0 Å². The van der Waals surface area contributed by atoms with Gasteiger partial charge < -0.3 is 10.4 Å². The zero-order valence-corrected chi connectivity index (χ0v) is 11.2. The van der Waals surface area contributed by atoms with Crippen LogP contribution in [0, 0.1) is 5.41 Å². The van der Waals surface area contributed by atoms with Gasteiger partial charge in [0.1, 0.15) is 0 Å².